The van der Waals surface area contributed by atoms with Gasteiger partial charge in [0.1, 0.15) is 0 Å². The van der Waals surface area contributed by atoms with E-state index in [1.807, 2.05) is 0 Å². The summed E-state index contributed by atoms with van der Waals surface area (Å²) >= 11 is 0. The van der Waals surface area contributed by atoms with Crippen LogP contribution in [0.5, 0.6) is 0 Å². The van der Waals surface area contributed by atoms with Crippen molar-refractivity contribution in [1.29, 1.82) is 0 Å². The fraction of sp³-hybridized carbons (Fsp3) is 0.824. The summed E-state index contributed by atoms with van der Waals surface area (Å²) in [4.78, 5) is 11.0. The molecule has 4 nitrogen and oxygen atoms in total. The second-order valence-corrected chi connectivity index (χ2v) is 6.90. The molecule has 2 N–H and O–H groups in total. The first kappa shape index (κ1) is 18.2. The highest BCUT2D eigenvalue weighted by atomic mass is 16.5. The van der Waals surface area contributed by atoms with Gasteiger partial charge < -0.3 is 14.9 Å². The fourth-order valence-corrected chi connectivity index (χ4v) is 2.96. The molecule has 21 heavy (non-hydrogen) atoms. The molecule has 1 fully saturated rings. The minimum atomic E-state index is -0.827. The summed E-state index contributed by atoms with van der Waals surface area (Å²) in [6.45, 7) is 9.43. The Bertz CT molecular complexity index is 356. The van der Waals surface area contributed by atoms with Crippen molar-refractivity contribution in [2.75, 3.05) is 6.61 Å². The molecule has 122 valence electrons. The third kappa shape index (κ3) is 6.62. The lowest BCUT2D eigenvalue weighted by atomic mass is 9.78. The summed E-state index contributed by atoms with van der Waals surface area (Å²) in [7, 11) is 0. The molecule has 0 aromatic rings. The quantitative estimate of drug-likeness (QED) is 0.621. The molecule has 0 amide bonds. The number of hydrogen-bond acceptors (Lipinski definition) is 4. The van der Waals surface area contributed by atoms with Gasteiger partial charge in [-0.05, 0) is 69.8 Å². The van der Waals surface area contributed by atoms with E-state index in [1.54, 1.807) is 13.8 Å². The molecular formula is C17H30O4. The average molecular weight is 298 g/mol. The molecule has 1 aliphatic rings. The zero-order valence-corrected chi connectivity index (χ0v) is 13.6. The van der Waals surface area contributed by atoms with Crippen LogP contribution in [0.2, 0.25) is 0 Å². The Morgan fingerprint density at radius 2 is 2.05 bits per heavy atom. The largest absolute Gasteiger partial charge is 0.466 e. The van der Waals surface area contributed by atoms with E-state index in [0.29, 0.717) is 18.9 Å². The lowest BCUT2D eigenvalue weighted by Crippen LogP contribution is -2.35. The van der Waals surface area contributed by atoms with Crippen LogP contribution in [0.15, 0.2) is 12.2 Å². The van der Waals surface area contributed by atoms with Crippen molar-refractivity contribution >= 4 is 5.97 Å². The van der Waals surface area contributed by atoms with Gasteiger partial charge in [-0.15, -0.1) is 0 Å². The van der Waals surface area contributed by atoms with Crippen molar-refractivity contribution in [2.45, 2.75) is 71.0 Å². The molecule has 0 aromatic carbocycles. The normalized spacial score (nSPS) is 29.0. The van der Waals surface area contributed by atoms with Crippen LogP contribution >= 0.6 is 0 Å². The maximum absolute atomic E-state index is 11.0. The van der Waals surface area contributed by atoms with Gasteiger partial charge in [-0.2, -0.15) is 0 Å². The molecule has 0 radical (unpaired) electrons. The van der Waals surface area contributed by atoms with E-state index < -0.39 is 11.7 Å². The highest BCUT2D eigenvalue weighted by Crippen LogP contribution is 2.33. The number of aliphatic hydroxyl groups is 2. The van der Waals surface area contributed by atoms with Gasteiger partial charge in [-0.3, -0.25) is 4.79 Å². The van der Waals surface area contributed by atoms with Gasteiger partial charge >= 0.3 is 5.97 Å². The van der Waals surface area contributed by atoms with Gasteiger partial charge in [-0.1, -0.05) is 6.58 Å². The van der Waals surface area contributed by atoms with Crippen molar-refractivity contribution in [1.82, 2.24) is 0 Å². The molecule has 1 rings (SSSR count). The molecule has 1 saturated carbocycles. The molecule has 0 unspecified atom stereocenters. The summed E-state index contributed by atoms with van der Waals surface area (Å²) in [5.41, 5.74) is 0.0179. The van der Waals surface area contributed by atoms with E-state index in [2.05, 4.69) is 6.58 Å². The Morgan fingerprint density at radius 1 is 1.38 bits per heavy atom. The number of rotatable bonds is 3. The van der Waals surface area contributed by atoms with E-state index in [-0.39, 0.29) is 11.9 Å². The van der Waals surface area contributed by atoms with Crippen molar-refractivity contribution < 1.29 is 19.7 Å². The predicted molar refractivity (Wildman–Crippen MR) is 82.8 cm³/mol. The average Bonchev–Trinajstić information content (AvgIpc) is 2.37. The summed E-state index contributed by atoms with van der Waals surface area (Å²) < 4.78 is 5.15. The minimum Gasteiger partial charge on any atom is -0.466 e. The van der Waals surface area contributed by atoms with Gasteiger partial charge in [0.15, 0.2) is 0 Å². The van der Waals surface area contributed by atoms with Gasteiger partial charge in [0, 0.05) is 6.92 Å². The van der Waals surface area contributed by atoms with Crippen LogP contribution in [0.3, 0.4) is 0 Å². The number of carbonyl (C=O) groups is 1. The number of hydrogen-bond donors (Lipinski definition) is 2. The van der Waals surface area contributed by atoms with Crippen LogP contribution in [0.4, 0.5) is 0 Å². The van der Waals surface area contributed by atoms with Crippen LogP contribution in [0, 0.1) is 11.8 Å². The van der Waals surface area contributed by atoms with Crippen LogP contribution in [-0.4, -0.2) is 34.5 Å². The molecule has 0 spiro atoms. The predicted octanol–water partition coefficient (Wildman–Crippen LogP) is 2.82. The molecule has 0 heterocycles. The van der Waals surface area contributed by atoms with Crippen molar-refractivity contribution in [3.8, 4) is 0 Å². The van der Waals surface area contributed by atoms with Crippen molar-refractivity contribution in [2.24, 2.45) is 11.8 Å². The first-order valence-corrected chi connectivity index (χ1v) is 7.91. The van der Waals surface area contributed by atoms with E-state index in [9.17, 15) is 15.0 Å². The molecule has 0 aliphatic heterocycles. The Kier molecular flexibility index (Phi) is 6.88. The molecular weight excluding hydrogens is 268 g/mol. The third-order valence-corrected chi connectivity index (χ3v) is 4.53. The monoisotopic (exact) mass is 298 g/mol. The van der Waals surface area contributed by atoms with Gasteiger partial charge in [0.2, 0.25) is 0 Å². The maximum atomic E-state index is 11.0. The second-order valence-electron chi connectivity index (χ2n) is 6.90. The van der Waals surface area contributed by atoms with Crippen LogP contribution < -0.4 is 0 Å². The van der Waals surface area contributed by atoms with Crippen molar-refractivity contribution in [3.63, 3.8) is 0 Å². The lowest BCUT2D eigenvalue weighted by molar-refractivity contribution is -0.142. The first-order chi connectivity index (χ1) is 9.70. The Hall–Kier alpha value is -0.870. The topological polar surface area (TPSA) is 66.8 Å². The second kappa shape index (κ2) is 7.95. The van der Waals surface area contributed by atoms with E-state index >= 15 is 0 Å². The molecule has 4 heteroatoms. The zero-order valence-electron chi connectivity index (χ0n) is 13.6. The molecule has 0 bridgehead atoms. The van der Waals surface area contributed by atoms with Crippen LogP contribution in [0.25, 0.3) is 0 Å². The summed E-state index contributed by atoms with van der Waals surface area (Å²) in [6.07, 6.45) is 4.43. The summed E-state index contributed by atoms with van der Waals surface area (Å²) in [5, 5.41) is 20.5. The van der Waals surface area contributed by atoms with E-state index in [1.165, 1.54) is 6.92 Å². The molecule has 0 saturated heterocycles. The van der Waals surface area contributed by atoms with Crippen LogP contribution in [-0.2, 0) is 9.53 Å². The Balaban J connectivity index is 2.71. The smallest absolute Gasteiger partial charge is 0.302 e. The Labute approximate surface area is 128 Å². The standard InChI is InChI=1S/C17H30O4/c1-12-6-5-7-14(11-21-13(2)18)8-9-15(10-16(12)19)17(3,4)20/h14-16,19-20H,1,5-11H2,2-4H3/t14-,15+,16-/m1/s1. The van der Waals surface area contributed by atoms with E-state index in [0.717, 1.165) is 37.7 Å². The fourth-order valence-electron chi connectivity index (χ4n) is 2.96. The number of aliphatic hydroxyl groups excluding tert-OH is 1. The summed E-state index contributed by atoms with van der Waals surface area (Å²) in [5.74, 6) is 0.0925. The molecule has 1 aliphatic carbocycles. The minimum absolute atomic E-state index is 0.0159. The zero-order chi connectivity index (χ0) is 16.0. The number of esters is 1. The maximum Gasteiger partial charge on any atom is 0.302 e. The summed E-state index contributed by atoms with van der Waals surface area (Å²) in [6, 6.07) is 0. The van der Waals surface area contributed by atoms with E-state index in [4.69, 9.17) is 4.74 Å². The number of carbonyl (C=O) groups excluding carboxylic acids is 1. The van der Waals surface area contributed by atoms with Gasteiger partial charge in [-0.25, -0.2) is 0 Å². The number of ether oxygens (including phenoxy) is 1. The molecule has 3 atom stereocenters. The highest BCUT2D eigenvalue weighted by molar-refractivity contribution is 5.65. The molecule has 0 aromatic heterocycles. The SMILES string of the molecule is C=C1CCC[C@@H](COC(C)=O)CC[C@H](C(C)(C)O)C[C@H]1O. The van der Waals surface area contributed by atoms with Crippen LogP contribution in [0.1, 0.15) is 59.3 Å². The first-order valence-electron chi connectivity index (χ1n) is 7.91. The van der Waals surface area contributed by atoms with Crippen molar-refractivity contribution in [3.05, 3.63) is 12.2 Å². The lowest BCUT2D eigenvalue weighted by Gasteiger charge is -2.33. The van der Waals surface area contributed by atoms with Gasteiger partial charge in [0.05, 0.1) is 18.3 Å². The highest BCUT2D eigenvalue weighted by Gasteiger charge is 2.31. The Morgan fingerprint density at radius 3 is 2.62 bits per heavy atom. The van der Waals surface area contributed by atoms with Gasteiger partial charge in [0.25, 0.3) is 0 Å². The third-order valence-electron chi connectivity index (χ3n) is 4.53.